The molecule has 1 saturated heterocycles. The fourth-order valence-corrected chi connectivity index (χ4v) is 3.58. The number of ether oxygens (including phenoxy) is 1. The van der Waals surface area contributed by atoms with Gasteiger partial charge < -0.3 is 10.5 Å². The summed E-state index contributed by atoms with van der Waals surface area (Å²) >= 11 is 0. The minimum Gasteiger partial charge on any atom is -0.377 e. The van der Waals surface area contributed by atoms with Gasteiger partial charge in [-0.15, -0.1) is 0 Å². The topological polar surface area (TPSA) is 81.4 Å². The smallest absolute Gasteiger partial charge is 0.240 e. The van der Waals surface area contributed by atoms with Crippen molar-refractivity contribution in [2.45, 2.75) is 43.4 Å². The second-order valence-electron chi connectivity index (χ2n) is 4.92. The van der Waals surface area contributed by atoms with Crippen molar-refractivity contribution in [1.82, 2.24) is 4.72 Å². The van der Waals surface area contributed by atoms with Crippen LogP contribution in [0.2, 0.25) is 0 Å². The van der Waals surface area contributed by atoms with Crippen LogP contribution in [0.5, 0.6) is 0 Å². The summed E-state index contributed by atoms with van der Waals surface area (Å²) in [6.07, 6.45) is 1.66. The molecule has 1 aromatic rings. The van der Waals surface area contributed by atoms with Gasteiger partial charge in [-0.25, -0.2) is 17.5 Å². The number of sulfonamides is 1. The Morgan fingerprint density at radius 2 is 2.30 bits per heavy atom. The predicted molar refractivity (Wildman–Crippen MR) is 73.0 cm³/mol. The molecule has 2 unspecified atom stereocenters. The first kappa shape index (κ1) is 15.4. The van der Waals surface area contributed by atoms with E-state index in [0.717, 1.165) is 18.9 Å². The molecule has 0 saturated carbocycles. The monoisotopic (exact) mass is 302 g/mol. The van der Waals surface area contributed by atoms with Crippen molar-refractivity contribution in [2.24, 2.45) is 5.73 Å². The van der Waals surface area contributed by atoms with Gasteiger partial charge in [-0.05, 0) is 38.0 Å². The fourth-order valence-electron chi connectivity index (χ4n) is 2.26. The number of hydrogen-bond donors (Lipinski definition) is 2. The van der Waals surface area contributed by atoms with Gasteiger partial charge in [0.2, 0.25) is 10.0 Å². The highest BCUT2D eigenvalue weighted by Gasteiger charge is 2.27. The SMILES string of the molecule is CC(NS(=O)(=O)c1ccc(F)c(CN)c1)C1CCCO1. The van der Waals surface area contributed by atoms with Crippen molar-refractivity contribution in [3.8, 4) is 0 Å². The van der Waals surface area contributed by atoms with Crippen molar-refractivity contribution in [1.29, 1.82) is 0 Å². The highest BCUT2D eigenvalue weighted by molar-refractivity contribution is 7.89. The maximum atomic E-state index is 13.4. The van der Waals surface area contributed by atoms with Gasteiger partial charge >= 0.3 is 0 Å². The van der Waals surface area contributed by atoms with Crippen LogP contribution >= 0.6 is 0 Å². The van der Waals surface area contributed by atoms with Crippen LogP contribution in [0.3, 0.4) is 0 Å². The van der Waals surface area contributed by atoms with Gasteiger partial charge in [0.15, 0.2) is 0 Å². The van der Waals surface area contributed by atoms with E-state index in [-0.39, 0.29) is 29.1 Å². The zero-order valence-corrected chi connectivity index (χ0v) is 12.1. The van der Waals surface area contributed by atoms with Crippen molar-refractivity contribution in [3.63, 3.8) is 0 Å². The maximum absolute atomic E-state index is 13.4. The third-order valence-electron chi connectivity index (χ3n) is 3.41. The number of nitrogens with two attached hydrogens (primary N) is 1. The van der Waals surface area contributed by atoms with Crippen LogP contribution in [0.4, 0.5) is 4.39 Å². The Morgan fingerprint density at radius 1 is 1.55 bits per heavy atom. The van der Waals surface area contributed by atoms with Crippen LogP contribution in [0.25, 0.3) is 0 Å². The summed E-state index contributed by atoms with van der Waals surface area (Å²) < 4.78 is 45.9. The number of nitrogens with one attached hydrogen (secondary N) is 1. The molecule has 1 fully saturated rings. The van der Waals surface area contributed by atoms with E-state index in [1.54, 1.807) is 6.92 Å². The first-order valence-corrected chi connectivity index (χ1v) is 8.05. The molecular weight excluding hydrogens is 283 g/mol. The van der Waals surface area contributed by atoms with Gasteiger partial charge in [-0.3, -0.25) is 0 Å². The Morgan fingerprint density at radius 3 is 2.90 bits per heavy atom. The Labute approximate surface area is 118 Å². The molecular formula is C13H19FN2O3S. The number of benzene rings is 1. The summed E-state index contributed by atoms with van der Waals surface area (Å²) in [6.45, 7) is 2.38. The second kappa shape index (κ2) is 6.17. The van der Waals surface area contributed by atoms with E-state index in [1.165, 1.54) is 12.1 Å². The lowest BCUT2D eigenvalue weighted by atomic mass is 10.1. The summed E-state index contributed by atoms with van der Waals surface area (Å²) in [4.78, 5) is 0.0178. The van der Waals surface area contributed by atoms with Crippen LogP contribution in [-0.4, -0.2) is 27.2 Å². The summed E-state index contributed by atoms with van der Waals surface area (Å²) in [5.74, 6) is -0.501. The zero-order valence-electron chi connectivity index (χ0n) is 11.3. The Kier molecular flexibility index (Phi) is 4.74. The van der Waals surface area contributed by atoms with Gasteiger partial charge in [0.05, 0.1) is 11.0 Å². The lowest BCUT2D eigenvalue weighted by Gasteiger charge is -2.20. The Hall–Kier alpha value is -1.02. The molecule has 2 atom stereocenters. The maximum Gasteiger partial charge on any atom is 0.240 e. The largest absolute Gasteiger partial charge is 0.377 e. The minimum absolute atomic E-state index is 0.0178. The van der Waals surface area contributed by atoms with Crippen molar-refractivity contribution in [3.05, 3.63) is 29.6 Å². The van der Waals surface area contributed by atoms with E-state index in [1.807, 2.05) is 0 Å². The average Bonchev–Trinajstić information content (AvgIpc) is 2.92. The third kappa shape index (κ3) is 3.35. The molecule has 20 heavy (non-hydrogen) atoms. The zero-order chi connectivity index (χ0) is 14.8. The molecule has 1 aromatic carbocycles. The number of hydrogen-bond acceptors (Lipinski definition) is 4. The minimum atomic E-state index is -3.70. The van der Waals surface area contributed by atoms with E-state index < -0.39 is 15.8 Å². The van der Waals surface area contributed by atoms with Crippen molar-refractivity contribution in [2.75, 3.05) is 6.61 Å². The van der Waals surface area contributed by atoms with Gasteiger partial charge in [0.25, 0.3) is 0 Å². The van der Waals surface area contributed by atoms with E-state index in [9.17, 15) is 12.8 Å². The first-order chi connectivity index (χ1) is 9.44. The van der Waals surface area contributed by atoms with E-state index in [0.29, 0.717) is 6.61 Å². The lowest BCUT2D eigenvalue weighted by molar-refractivity contribution is 0.0902. The summed E-state index contributed by atoms with van der Waals surface area (Å²) in [6, 6.07) is 3.29. The molecule has 0 amide bonds. The van der Waals surface area contributed by atoms with Crippen LogP contribution in [0, 0.1) is 5.82 Å². The van der Waals surface area contributed by atoms with Crippen LogP contribution in [-0.2, 0) is 21.3 Å². The van der Waals surface area contributed by atoms with Crippen molar-refractivity contribution >= 4 is 10.0 Å². The van der Waals surface area contributed by atoms with Gasteiger partial charge in [0.1, 0.15) is 5.82 Å². The summed E-state index contributed by atoms with van der Waals surface area (Å²) in [7, 11) is -3.70. The Bertz CT molecular complexity index is 571. The molecule has 7 heteroatoms. The van der Waals surface area contributed by atoms with Crippen LogP contribution in [0.1, 0.15) is 25.3 Å². The molecule has 0 radical (unpaired) electrons. The summed E-state index contributed by atoms with van der Waals surface area (Å²) in [5, 5.41) is 0. The third-order valence-corrected chi connectivity index (χ3v) is 4.97. The first-order valence-electron chi connectivity index (χ1n) is 6.56. The lowest BCUT2D eigenvalue weighted by Crippen LogP contribution is -2.40. The molecule has 112 valence electrons. The predicted octanol–water partition coefficient (Wildman–Crippen LogP) is 1.13. The second-order valence-corrected chi connectivity index (χ2v) is 6.63. The summed E-state index contributed by atoms with van der Waals surface area (Å²) in [5.41, 5.74) is 5.57. The van der Waals surface area contributed by atoms with Gasteiger partial charge in [-0.1, -0.05) is 0 Å². The van der Waals surface area contributed by atoms with E-state index in [2.05, 4.69) is 4.72 Å². The molecule has 0 bridgehead atoms. The van der Waals surface area contributed by atoms with Crippen molar-refractivity contribution < 1.29 is 17.5 Å². The fraction of sp³-hybridized carbons (Fsp3) is 0.538. The van der Waals surface area contributed by atoms with Crippen LogP contribution < -0.4 is 10.5 Å². The van der Waals surface area contributed by atoms with E-state index in [4.69, 9.17) is 10.5 Å². The molecule has 1 heterocycles. The molecule has 3 N–H and O–H groups in total. The highest BCUT2D eigenvalue weighted by atomic mass is 32.2. The van der Waals surface area contributed by atoms with Crippen LogP contribution in [0.15, 0.2) is 23.1 Å². The molecule has 0 spiro atoms. The van der Waals surface area contributed by atoms with Gasteiger partial charge in [-0.2, -0.15) is 0 Å². The molecule has 1 aliphatic heterocycles. The number of halogens is 1. The molecule has 0 aliphatic carbocycles. The number of rotatable bonds is 5. The molecule has 5 nitrogen and oxygen atoms in total. The Balaban J connectivity index is 2.17. The molecule has 2 rings (SSSR count). The molecule has 1 aliphatic rings. The standard InChI is InChI=1S/C13H19FN2O3S/c1-9(13-3-2-6-19-13)16-20(17,18)11-4-5-12(14)10(7-11)8-15/h4-5,7,9,13,16H,2-3,6,8,15H2,1H3. The average molecular weight is 302 g/mol. The van der Waals surface area contributed by atoms with E-state index >= 15 is 0 Å². The normalized spacial score (nSPS) is 21.1. The molecule has 0 aromatic heterocycles. The quantitative estimate of drug-likeness (QED) is 0.854. The van der Waals surface area contributed by atoms with Gasteiger partial charge in [0, 0.05) is 24.8 Å². The highest BCUT2D eigenvalue weighted by Crippen LogP contribution is 2.19.